The molecule has 2 saturated carbocycles. The number of aliphatic hydroxyl groups is 6. The standard InChI is InChI=1S/C42H70N6O24S2/c1-4-24-13-25(37(56)43-10-11-44-38(57)26-15-48(47-46-26)17-42(18-50,19-66-73(60,61)62)20-67-74(63,64)65)14-27(35(24)72-41-34(55)33(54)31(52)21(2)68-41)70-40-30(45-22(3)51)36(32(53)29(16-49)71-40)69-28(39(58)59)12-23-8-6-5-7-9-23/h15,21,23-25,27-36,40-41,49-50,52-55H,4-14,16-20H2,1-3H3,(H,43,56)(H,44,57)(H,45,51)(H,58,59)(H,60,61,62)(H,63,64,65)/t21?,24?,25?,27-,28+,29+,30?,31-,32+,33+,34?,35-,36?,40-,41+/m1/s1. The van der Waals surface area contributed by atoms with Crippen LogP contribution in [-0.4, -0.2) is 220 Å². The highest BCUT2D eigenvalue weighted by atomic mass is 32.3. The summed E-state index contributed by atoms with van der Waals surface area (Å²) in [6.07, 6.45) is -11.6. The van der Waals surface area contributed by atoms with Crippen LogP contribution in [0.3, 0.4) is 0 Å². The minimum atomic E-state index is -5.11. The molecule has 12 N–H and O–H groups in total. The van der Waals surface area contributed by atoms with Crippen LogP contribution in [0.15, 0.2) is 6.20 Å². The molecule has 1 aromatic rings. The molecule has 15 atom stereocenters. The van der Waals surface area contributed by atoms with E-state index in [-0.39, 0.29) is 44.0 Å². The minimum Gasteiger partial charge on any atom is -0.479 e. The molecule has 0 bridgehead atoms. The average molecular weight is 1110 g/mol. The van der Waals surface area contributed by atoms with Gasteiger partial charge in [-0.2, -0.15) is 16.8 Å². The normalized spacial score (nSPS) is 31.8. The van der Waals surface area contributed by atoms with E-state index >= 15 is 0 Å². The van der Waals surface area contributed by atoms with Gasteiger partial charge in [0, 0.05) is 25.9 Å². The molecule has 6 unspecified atom stereocenters. The SMILES string of the molecule is CCC1CC(C(=O)NCCNC(=O)c2cn(CC(CO)(COS(=O)(=O)O)COS(=O)(=O)O)nn2)C[C@@H](O[C@@H]2O[C@@H](CO)[C@H](O)C(O[C@@H](CC3CCCCC3)C(=O)O)C2NC(C)=O)[C@@H]1O[C@@H]1OC(C)[C@@H](O)[C@H](O)C1O. The number of nitrogens with one attached hydrogen (secondary N) is 3. The van der Waals surface area contributed by atoms with Crippen molar-refractivity contribution in [3.63, 3.8) is 0 Å². The molecule has 0 spiro atoms. The van der Waals surface area contributed by atoms with E-state index in [9.17, 15) is 71.8 Å². The maximum absolute atomic E-state index is 14.0. The van der Waals surface area contributed by atoms with Crippen LogP contribution in [0.25, 0.3) is 0 Å². The number of carboxylic acids is 1. The smallest absolute Gasteiger partial charge is 0.397 e. The molecule has 424 valence electrons. The monoisotopic (exact) mass is 1110 g/mol. The van der Waals surface area contributed by atoms with Crippen LogP contribution in [0.4, 0.5) is 0 Å². The predicted molar refractivity (Wildman–Crippen MR) is 245 cm³/mol. The average Bonchev–Trinajstić information content (AvgIpc) is 3.82. The van der Waals surface area contributed by atoms with Crippen LogP contribution in [0.5, 0.6) is 0 Å². The maximum atomic E-state index is 14.0. The Kier molecular flexibility index (Phi) is 22.4. The summed E-state index contributed by atoms with van der Waals surface area (Å²) in [4.78, 5) is 52.5. The molecule has 2 aliphatic carbocycles. The zero-order valence-corrected chi connectivity index (χ0v) is 42.6. The second-order valence-electron chi connectivity index (χ2n) is 19.3. The van der Waals surface area contributed by atoms with Crippen LogP contribution in [0, 0.1) is 23.2 Å². The summed E-state index contributed by atoms with van der Waals surface area (Å²) in [7, 11) is -10.2. The number of carbonyl (C=O) groups is 4. The molecule has 5 rings (SSSR count). The van der Waals surface area contributed by atoms with Crippen molar-refractivity contribution in [3.8, 4) is 0 Å². The quantitative estimate of drug-likeness (QED) is 0.0312. The zero-order chi connectivity index (χ0) is 54.7. The molecular weight excluding hydrogens is 1040 g/mol. The van der Waals surface area contributed by atoms with Gasteiger partial charge in [-0.1, -0.05) is 50.7 Å². The van der Waals surface area contributed by atoms with Crippen LogP contribution in [0.1, 0.15) is 89.0 Å². The summed E-state index contributed by atoms with van der Waals surface area (Å²) < 4.78 is 104. The molecule has 4 fully saturated rings. The molecule has 32 heteroatoms. The number of nitrogens with zero attached hydrogens (tertiary/aromatic N) is 3. The van der Waals surface area contributed by atoms with Crippen LogP contribution in [-0.2, 0) is 73.8 Å². The Hall–Kier alpha value is -3.68. The van der Waals surface area contributed by atoms with Crippen molar-refractivity contribution >= 4 is 44.5 Å². The fourth-order valence-corrected chi connectivity index (χ4v) is 10.5. The first-order valence-electron chi connectivity index (χ1n) is 24.2. The highest BCUT2D eigenvalue weighted by Gasteiger charge is 2.53. The summed E-state index contributed by atoms with van der Waals surface area (Å²) in [5.74, 6) is -4.76. The molecular formula is C42H70N6O24S2. The highest BCUT2D eigenvalue weighted by Crippen LogP contribution is 2.40. The van der Waals surface area contributed by atoms with Gasteiger partial charge in [-0.15, -0.1) is 5.10 Å². The van der Waals surface area contributed by atoms with Gasteiger partial charge in [-0.25, -0.2) is 13.2 Å². The largest absolute Gasteiger partial charge is 0.479 e. The van der Waals surface area contributed by atoms with Gasteiger partial charge < -0.3 is 75.4 Å². The van der Waals surface area contributed by atoms with Crippen molar-refractivity contribution in [1.29, 1.82) is 0 Å². The Balaban J connectivity index is 1.33. The van der Waals surface area contributed by atoms with Crippen LogP contribution < -0.4 is 16.0 Å². The van der Waals surface area contributed by atoms with E-state index in [4.69, 9.17) is 32.8 Å². The first-order chi connectivity index (χ1) is 34.8. The number of ether oxygens (including phenoxy) is 5. The Labute approximate surface area is 426 Å². The third kappa shape index (κ3) is 17.2. The van der Waals surface area contributed by atoms with Crippen molar-refractivity contribution < 1.29 is 113 Å². The van der Waals surface area contributed by atoms with Crippen LogP contribution >= 0.6 is 0 Å². The molecule has 3 heterocycles. The number of amides is 3. The predicted octanol–water partition coefficient (Wildman–Crippen LogP) is -3.83. The molecule has 1 aromatic heterocycles. The summed E-state index contributed by atoms with van der Waals surface area (Å²) in [5.41, 5.74) is -2.33. The molecule has 0 radical (unpaired) electrons. The van der Waals surface area contributed by atoms with Gasteiger partial charge in [0.05, 0.1) is 62.9 Å². The summed E-state index contributed by atoms with van der Waals surface area (Å²) in [6, 6.07) is -1.41. The van der Waals surface area contributed by atoms with Crippen molar-refractivity contribution in [2.24, 2.45) is 23.2 Å². The Morgan fingerprint density at radius 3 is 2.09 bits per heavy atom. The Morgan fingerprint density at radius 2 is 1.51 bits per heavy atom. The topological polar surface area (TPSA) is 450 Å². The van der Waals surface area contributed by atoms with E-state index in [0.29, 0.717) is 6.42 Å². The fraction of sp³-hybridized carbons (Fsp3) is 0.857. The lowest BCUT2D eigenvalue weighted by atomic mass is 9.75. The molecule has 3 amide bonds. The first kappa shape index (κ1) is 61.2. The minimum absolute atomic E-state index is 0.0129. The van der Waals surface area contributed by atoms with Gasteiger partial charge in [0.25, 0.3) is 5.91 Å². The number of carboxylic acid groups (broad SMARTS) is 1. The third-order valence-electron chi connectivity index (χ3n) is 13.7. The molecule has 74 heavy (non-hydrogen) atoms. The van der Waals surface area contributed by atoms with Crippen molar-refractivity contribution in [2.45, 2.75) is 165 Å². The van der Waals surface area contributed by atoms with E-state index in [1.54, 1.807) is 6.92 Å². The number of aromatic nitrogens is 3. The summed E-state index contributed by atoms with van der Waals surface area (Å²) >= 11 is 0. The van der Waals surface area contributed by atoms with E-state index < -0.39 is 174 Å². The molecule has 4 aliphatic rings. The molecule has 2 saturated heterocycles. The van der Waals surface area contributed by atoms with E-state index in [0.717, 1.165) is 49.9 Å². The number of rotatable bonds is 26. The van der Waals surface area contributed by atoms with Gasteiger partial charge in [0.1, 0.15) is 42.7 Å². The third-order valence-corrected chi connectivity index (χ3v) is 14.5. The Morgan fingerprint density at radius 1 is 0.865 bits per heavy atom. The summed E-state index contributed by atoms with van der Waals surface area (Å²) in [5, 5.41) is 89.6. The lowest BCUT2D eigenvalue weighted by molar-refractivity contribution is -0.338. The van der Waals surface area contributed by atoms with Gasteiger partial charge in [-0.3, -0.25) is 28.2 Å². The fourth-order valence-electron chi connectivity index (χ4n) is 9.67. The second-order valence-corrected chi connectivity index (χ2v) is 21.5. The number of hydrogen-bond donors (Lipinski definition) is 12. The van der Waals surface area contributed by atoms with Gasteiger partial charge in [0.2, 0.25) is 11.8 Å². The lowest BCUT2D eigenvalue weighted by Gasteiger charge is -2.49. The van der Waals surface area contributed by atoms with Gasteiger partial charge in [0.15, 0.2) is 24.4 Å². The maximum Gasteiger partial charge on any atom is 0.397 e. The number of aliphatic carboxylic acids is 1. The Bertz CT molecular complexity index is 2200. The molecule has 30 nitrogen and oxygen atoms in total. The number of aliphatic hydroxyl groups excluding tert-OH is 6. The van der Waals surface area contributed by atoms with Crippen molar-refractivity contribution in [2.75, 3.05) is 39.5 Å². The van der Waals surface area contributed by atoms with E-state index in [2.05, 4.69) is 34.6 Å². The lowest BCUT2D eigenvalue weighted by Crippen LogP contribution is -2.67. The van der Waals surface area contributed by atoms with Crippen molar-refractivity contribution in [1.82, 2.24) is 30.9 Å². The number of carbonyl (C=O) groups excluding carboxylic acids is 3. The summed E-state index contributed by atoms with van der Waals surface area (Å²) in [6.45, 7) is -0.569. The van der Waals surface area contributed by atoms with Gasteiger partial charge in [-0.05, 0) is 38.0 Å². The zero-order valence-electron chi connectivity index (χ0n) is 40.9. The second kappa shape index (κ2) is 27.1. The van der Waals surface area contributed by atoms with E-state index in [1.165, 1.54) is 6.92 Å². The van der Waals surface area contributed by atoms with Crippen LogP contribution in [0.2, 0.25) is 0 Å². The van der Waals surface area contributed by atoms with Crippen molar-refractivity contribution in [3.05, 3.63) is 11.9 Å². The molecule has 2 aliphatic heterocycles. The van der Waals surface area contributed by atoms with Gasteiger partial charge >= 0.3 is 26.8 Å². The number of hydrogen-bond acceptors (Lipinski definition) is 23. The highest BCUT2D eigenvalue weighted by molar-refractivity contribution is 7.81. The first-order valence-corrected chi connectivity index (χ1v) is 26.9. The molecule has 0 aromatic carbocycles. The van der Waals surface area contributed by atoms with E-state index in [1.807, 2.05) is 0 Å².